The first-order valence-corrected chi connectivity index (χ1v) is 8.58. The van der Waals surface area contributed by atoms with Gasteiger partial charge in [0.15, 0.2) is 0 Å². The van der Waals surface area contributed by atoms with Crippen molar-refractivity contribution in [2.75, 3.05) is 19.7 Å². The van der Waals surface area contributed by atoms with E-state index in [4.69, 9.17) is 10.5 Å². The zero-order valence-electron chi connectivity index (χ0n) is 13.6. The number of alkyl halides is 3. The molecule has 1 atom stereocenters. The molecule has 4 N–H and O–H groups in total. The molecule has 0 bridgehead atoms. The first kappa shape index (κ1) is 20.1. The number of carbonyl (C=O) groups is 1. The van der Waals surface area contributed by atoms with Gasteiger partial charge in [-0.3, -0.25) is 4.79 Å². The van der Waals surface area contributed by atoms with Crippen LogP contribution in [-0.2, 0) is 12.6 Å². The van der Waals surface area contributed by atoms with E-state index < -0.39 is 23.8 Å². The summed E-state index contributed by atoms with van der Waals surface area (Å²) in [6.45, 7) is 0.0405. The molecule has 0 aliphatic carbocycles. The van der Waals surface area contributed by atoms with Crippen LogP contribution in [0.2, 0.25) is 0 Å². The minimum atomic E-state index is -4.47. The molecule has 0 aliphatic heterocycles. The lowest BCUT2D eigenvalue weighted by Gasteiger charge is -2.14. The fourth-order valence-electron chi connectivity index (χ4n) is 1.97. The first-order chi connectivity index (χ1) is 12.3. The molecule has 1 aromatic heterocycles. The van der Waals surface area contributed by atoms with E-state index in [2.05, 4.69) is 10.3 Å². The second-order valence-electron chi connectivity index (χ2n) is 5.37. The van der Waals surface area contributed by atoms with Crippen molar-refractivity contribution in [3.8, 4) is 5.75 Å². The molecule has 0 radical (unpaired) electrons. The molecule has 0 fully saturated rings. The number of amides is 1. The minimum absolute atomic E-state index is 0.0175. The number of thiazole rings is 1. The van der Waals surface area contributed by atoms with Crippen LogP contribution < -0.4 is 15.8 Å². The number of hydrogen-bond donors (Lipinski definition) is 3. The molecule has 0 spiro atoms. The summed E-state index contributed by atoms with van der Waals surface area (Å²) >= 11 is 1.32. The Hall–Kier alpha value is -2.17. The topological polar surface area (TPSA) is 97.5 Å². The molecular weight excluding hydrogens is 371 g/mol. The molecule has 2 rings (SSSR count). The lowest BCUT2D eigenvalue weighted by molar-refractivity contribution is -0.137. The number of aliphatic hydroxyl groups is 1. The van der Waals surface area contributed by atoms with E-state index in [1.807, 2.05) is 0 Å². The van der Waals surface area contributed by atoms with Crippen LogP contribution in [0.3, 0.4) is 0 Å². The molecule has 0 saturated heterocycles. The van der Waals surface area contributed by atoms with Gasteiger partial charge in [-0.2, -0.15) is 13.2 Å². The van der Waals surface area contributed by atoms with E-state index >= 15 is 0 Å². The largest absolute Gasteiger partial charge is 0.491 e. The van der Waals surface area contributed by atoms with Gasteiger partial charge in [0.25, 0.3) is 5.91 Å². The van der Waals surface area contributed by atoms with E-state index in [0.717, 1.165) is 17.1 Å². The van der Waals surface area contributed by atoms with Gasteiger partial charge in [-0.15, -0.1) is 11.3 Å². The number of ether oxygens (including phenoxy) is 1. The molecule has 10 heteroatoms. The third kappa shape index (κ3) is 5.97. The zero-order chi connectivity index (χ0) is 19.2. The van der Waals surface area contributed by atoms with Gasteiger partial charge in [-0.25, -0.2) is 4.98 Å². The van der Waals surface area contributed by atoms with Crippen molar-refractivity contribution in [1.82, 2.24) is 10.3 Å². The second-order valence-corrected chi connectivity index (χ2v) is 6.31. The van der Waals surface area contributed by atoms with E-state index in [-0.39, 0.29) is 24.6 Å². The van der Waals surface area contributed by atoms with Gasteiger partial charge in [0.2, 0.25) is 0 Å². The maximum absolute atomic E-state index is 12.6. The highest BCUT2D eigenvalue weighted by Gasteiger charge is 2.30. The van der Waals surface area contributed by atoms with E-state index in [0.29, 0.717) is 13.0 Å². The summed E-state index contributed by atoms with van der Waals surface area (Å²) in [5, 5.41) is 14.6. The van der Waals surface area contributed by atoms with Gasteiger partial charge in [-0.05, 0) is 24.7 Å². The summed E-state index contributed by atoms with van der Waals surface area (Å²) in [5.41, 5.74) is 4.80. The number of benzene rings is 1. The predicted molar refractivity (Wildman–Crippen MR) is 90.2 cm³/mol. The van der Waals surface area contributed by atoms with Crippen molar-refractivity contribution in [2.24, 2.45) is 5.73 Å². The summed E-state index contributed by atoms with van der Waals surface area (Å²) in [4.78, 5) is 16.0. The van der Waals surface area contributed by atoms with E-state index in [1.165, 1.54) is 23.5 Å². The summed E-state index contributed by atoms with van der Waals surface area (Å²) < 4.78 is 43.0. The molecule has 1 amide bonds. The van der Waals surface area contributed by atoms with Crippen LogP contribution in [0.5, 0.6) is 5.75 Å². The van der Waals surface area contributed by atoms with Crippen molar-refractivity contribution in [3.63, 3.8) is 0 Å². The lowest BCUT2D eigenvalue weighted by Crippen LogP contribution is -2.35. The average molecular weight is 389 g/mol. The molecule has 0 saturated carbocycles. The van der Waals surface area contributed by atoms with E-state index in [1.54, 1.807) is 5.38 Å². The Morgan fingerprint density at radius 3 is 2.88 bits per heavy atom. The summed E-state index contributed by atoms with van der Waals surface area (Å²) in [7, 11) is 0. The fraction of sp³-hybridized carbons (Fsp3) is 0.375. The van der Waals surface area contributed by atoms with Crippen LogP contribution in [0.15, 0.2) is 29.6 Å². The summed E-state index contributed by atoms with van der Waals surface area (Å²) in [5.74, 6) is -0.473. The Bertz CT molecular complexity index is 737. The molecule has 1 unspecified atom stereocenters. The van der Waals surface area contributed by atoms with Gasteiger partial charge >= 0.3 is 6.18 Å². The number of nitrogens with one attached hydrogen (secondary N) is 1. The van der Waals surface area contributed by atoms with Crippen LogP contribution in [0.1, 0.15) is 21.1 Å². The second kappa shape index (κ2) is 8.97. The number of nitrogens with zero attached hydrogens (tertiary/aromatic N) is 1. The maximum Gasteiger partial charge on any atom is 0.416 e. The van der Waals surface area contributed by atoms with Gasteiger partial charge in [-0.1, -0.05) is 6.07 Å². The SMILES string of the molecule is NCCc1nc(C(=O)NCC(O)COc2cccc(C(F)(F)F)c2)cs1. The van der Waals surface area contributed by atoms with Crippen molar-refractivity contribution < 1.29 is 27.8 Å². The summed E-state index contributed by atoms with van der Waals surface area (Å²) in [6, 6.07) is 4.35. The van der Waals surface area contributed by atoms with Crippen LogP contribution in [0.25, 0.3) is 0 Å². The Morgan fingerprint density at radius 1 is 1.42 bits per heavy atom. The Labute approximate surface area is 151 Å². The van der Waals surface area contributed by atoms with Gasteiger partial charge in [0, 0.05) is 18.3 Å². The highest BCUT2D eigenvalue weighted by Crippen LogP contribution is 2.31. The first-order valence-electron chi connectivity index (χ1n) is 7.70. The van der Waals surface area contributed by atoms with E-state index in [9.17, 15) is 23.1 Å². The number of halogens is 3. The fourth-order valence-corrected chi connectivity index (χ4v) is 2.76. The third-order valence-electron chi connectivity index (χ3n) is 3.24. The van der Waals surface area contributed by atoms with Crippen LogP contribution in [0.4, 0.5) is 13.2 Å². The number of carbonyl (C=O) groups excluding carboxylic acids is 1. The predicted octanol–water partition coefficient (Wildman–Crippen LogP) is 1.83. The number of aliphatic hydroxyl groups excluding tert-OH is 1. The van der Waals surface area contributed by atoms with Crippen molar-refractivity contribution in [1.29, 1.82) is 0 Å². The Balaban J connectivity index is 1.80. The monoisotopic (exact) mass is 389 g/mol. The zero-order valence-corrected chi connectivity index (χ0v) is 14.4. The van der Waals surface area contributed by atoms with Crippen molar-refractivity contribution in [2.45, 2.75) is 18.7 Å². The number of rotatable bonds is 8. The van der Waals surface area contributed by atoms with Crippen molar-refractivity contribution in [3.05, 3.63) is 45.9 Å². The number of aromatic nitrogens is 1. The molecule has 2 aromatic rings. The normalized spacial score (nSPS) is 12.7. The Kier molecular flexibility index (Phi) is 6.95. The smallest absolute Gasteiger partial charge is 0.416 e. The van der Waals surface area contributed by atoms with Crippen LogP contribution >= 0.6 is 11.3 Å². The molecule has 6 nitrogen and oxygen atoms in total. The van der Waals surface area contributed by atoms with Gasteiger partial charge in [0.05, 0.1) is 10.6 Å². The third-order valence-corrected chi connectivity index (χ3v) is 4.15. The molecule has 26 heavy (non-hydrogen) atoms. The standard InChI is InChI=1S/C16H18F3N3O3S/c17-16(18,19)10-2-1-3-12(6-10)25-8-11(23)7-21-15(24)13-9-26-14(22-13)4-5-20/h1-3,6,9,11,23H,4-5,7-8,20H2,(H,21,24). The molecule has 1 aromatic carbocycles. The number of nitrogens with two attached hydrogens (primary N) is 1. The number of hydrogen-bond acceptors (Lipinski definition) is 6. The van der Waals surface area contributed by atoms with Gasteiger partial charge < -0.3 is 20.9 Å². The summed E-state index contributed by atoms with van der Waals surface area (Å²) in [6.07, 6.45) is -4.98. The Morgan fingerprint density at radius 2 is 2.19 bits per heavy atom. The maximum atomic E-state index is 12.6. The van der Waals surface area contributed by atoms with Crippen molar-refractivity contribution >= 4 is 17.2 Å². The molecule has 0 aliphatic rings. The lowest BCUT2D eigenvalue weighted by atomic mass is 10.2. The highest BCUT2D eigenvalue weighted by molar-refractivity contribution is 7.09. The molecular formula is C16H18F3N3O3S. The van der Waals surface area contributed by atoms with Crippen LogP contribution in [-0.4, -0.2) is 41.8 Å². The molecule has 142 valence electrons. The van der Waals surface area contributed by atoms with Gasteiger partial charge in [0.1, 0.15) is 24.2 Å². The molecule has 1 heterocycles. The quantitative estimate of drug-likeness (QED) is 0.640. The van der Waals surface area contributed by atoms with Crippen LogP contribution in [0, 0.1) is 0 Å². The highest BCUT2D eigenvalue weighted by atomic mass is 32.1. The average Bonchev–Trinajstić information content (AvgIpc) is 3.06. The minimum Gasteiger partial charge on any atom is -0.491 e.